The van der Waals surface area contributed by atoms with Crippen LogP contribution in [0.1, 0.15) is 23.7 Å². The fourth-order valence-electron chi connectivity index (χ4n) is 3.45. The van der Waals surface area contributed by atoms with Crippen LogP contribution >= 0.6 is 0 Å². The second kappa shape index (κ2) is 7.05. The first-order valence-corrected chi connectivity index (χ1v) is 8.21. The zero-order chi connectivity index (χ0) is 16.2. The number of benzene rings is 2. The van der Waals surface area contributed by atoms with E-state index in [2.05, 4.69) is 43.3 Å². The van der Waals surface area contributed by atoms with E-state index in [1.807, 2.05) is 24.3 Å². The lowest BCUT2D eigenvalue weighted by molar-refractivity contribution is 0.0956. The SMILES string of the molecule is COc1ccccc1O[C@@H]1c2ccccc2CC[C@@H]1CN(C)C. The molecule has 0 aliphatic heterocycles. The van der Waals surface area contributed by atoms with Gasteiger partial charge in [-0.2, -0.15) is 0 Å². The van der Waals surface area contributed by atoms with Crippen molar-refractivity contribution in [1.29, 1.82) is 0 Å². The van der Waals surface area contributed by atoms with Crippen molar-refractivity contribution in [3.63, 3.8) is 0 Å². The van der Waals surface area contributed by atoms with Gasteiger partial charge in [-0.25, -0.2) is 0 Å². The van der Waals surface area contributed by atoms with Crippen LogP contribution in [0.2, 0.25) is 0 Å². The summed E-state index contributed by atoms with van der Waals surface area (Å²) in [4.78, 5) is 2.25. The third kappa shape index (κ3) is 3.50. The Balaban J connectivity index is 1.94. The molecule has 0 amide bonds. The molecule has 3 rings (SSSR count). The highest BCUT2D eigenvalue weighted by Gasteiger charge is 2.32. The van der Waals surface area contributed by atoms with Crippen LogP contribution in [0.4, 0.5) is 0 Å². The Labute approximate surface area is 138 Å². The average Bonchev–Trinajstić information content (AvgIpc) is 2.57. The standard InChI is InChI=1S/C20H25NO2/c1-21(2)14-16-13-12-15-8-4-5-9-17(15)20(16)23-19-11-7-6-10-18(19)22-3/h4-11,16,20H,12-14H2,1-3H3/t16-,20+/m1/s1. The summed E-state index contributed by atoms with van der Waals surface area (Å²) in [6, 6.07) is 16.6. The zero-order valence-electron chi connectivity index (χ0n) is 14.2. The molecule has 2 atom stereocenters. The molecule has 2 aromatic carbocycles. The fraction of sp³-hybridized carbons (Fsp3) is 0.400. The van der Waals surface area contributed by atoms with Gasteiger partial charge in [0.25, 0.3) is 0 Å². The van der Waals surface area contributed by atoms with Crippen molar-refractivity contribution >= 4 is 0 Å². The molecule has 0 spiro atoms. The Hall–Kier alpha value is -2.00. The van der Waals surface area contributed by atoms with E-state index in [0.717, 1.165) is 30.9 Å². The van der Waals surface area contributed by atoms with Gasteiger partial charge in [-0.1, -0.05) is 36.4 Å². The van der Waals surface area contributed by atoms with E-state index in [4.69, 9.17) is 9.47 Å². The van der Waals surface area contributed by atoms with E-state index in [1.165, 1.54) is 11.1 Å². The van der Waals surface area contributed by atoms with Gasteiger partial charge in [-0.15, -0.1) is 0 Å². The second-order valence-electron chi connectivity index (χ2n) is 6.45. The molecule has 0 radical (unpaired) electrons. The van der Waals surface area contributed by atoms with Gasteiger partial charge in [-0.05, 0) is 50.2 Å². The van der Waals surface area contributed by atoms with Gasteiger partial charge in [-0.3, -0.25) is 0 Å². The average molecular weight is 311 g/mol. The molecule has 0 N–H and O–H groups in total. The first-order chi connectivity index (χ1) is 11.2. The fourth-order valence-corrected chi connectivity index (χ4v) is 3.45. The summed E-state index contributed by atoms with van der Waals surface area (Å²) in [7, 11) is 5.94. The van der Waals surface area contributed by atoms with Crippen LogP contribution in [0.5, 0.6) is 11.5 Å². The van der Waals surface area contributed by atoms with Gasteiger partial charge in [0.15, 0.2) is 11.5 Å². The van der Waals surface area contributed by atoms with Crippen molar-refractivity contribution in [3.05, 3.63) is 59.7 Å². The minimum Gasteiger partial charge on any atom is -0.493 e. The van der Waals surface area contributed by atoms with E-state index in [9.17, 15) is 0 Å². The monoisotopic (exact) mass is 311 g/mol. The van der Waals surface area contributed by atoms with Crippen molar-refractivity contribution in [3.8, 4) is 11.5 Å². The lowest BCUT2D eigenvalue weighted by Gasteiger charge is -2.35. The largest absolute Gasteiger partial charge is 0.493 e. The minimum absolute atomic E-state index is 0.0682. The van der Waals surface area contributed by atoms with Gasteiger partial charge >= 0.3 is 0 Å². The molecule has 2 aromatic rings. The van der Waals surface area contributed by atoms with Gasteiger partial charge in [0, 0.05) is 12.5 Å². The Bertz CT molecular complexity index is 654. The number of fused-ring (bicyclic) bond motifs is 1. The Morgan fingerprint density at radius 2 is 1.70 bits per heavy atom. The molecule has 3 heteroatoms. The van der Waals surface area contributed by atoms with Gasteiger partial charge < -0.3 is 14.4 Å². The van der Waals surface area contributed by atoms with Crippen molar-refractivity contribution in [2.24, 2.45) is 5.92 Å². The third-order valence-corrected chi connectivity index (χ3v) is 4.50. The number of ether oxygens (including phenoxy) is 2. The maximum absolute atomic E-state index is 6.47. The number of para-hydroxylation sites is 2. The quantitative estimate of drug-likeness (QED) is 0.835. The number of hydrogen-bond acceptors (Lipinski definition) is 3. The van der Waals surface area contributed by atoms with Crippen LogP contribution in [0.3, 0.4) is 0 Å². The first kappa shape index (κ1) is 15.9. The predicted molar refractivity (Wildman–Crippen MR) is 93.2 cm³/mol. The molecule has 122 valence electrons. The maximum Gasteiger partial charge on any atom is 0.162 e. The van der Waals surface area contributed by atoms with E-state index in [-0.39, 0.29) is 6.10 Å². The number of aryl methyl sites for hydroxylation is 1. The number of methoxy groups -OCH3 is 1. The number of hydrogen-bond donors (Lipinski definition) is 0. The second-order valence-corrected chi connectivity index (χ2v) is 6.45. The Morgan fingerprint density at radius 3 is 2.43 bits per heavy atom. The van der Waals surface area contributed by atoms with Crippen LogP contribution in [0.15, 0.2) is 48.5 Å². The first-order valence-electron chi connectivity index (χ1n) is 8.21. The maximum atomic E-state index is 6.47. The summed E-state index contributed by atoms with van der Waals surface area (Å²) in [5.74, 6) is 2.09. The summed E-state index contributed by atoms with van der Waals surface area (Å²) in [6.45, 7) is 1.02. The lowest BCUT2D eigenvalue weighted by Crippen LogP contribution is -2.33. The molecule has 0 saturated heterocycles. The van der Waals surface area contributed by atoms with Crippen LogP contribution in [-0.2, 0) is 6.42 Å². The van der Waals surface area contributed by atoms with Crippen LogP contribution in [0, 0.1) is 5.92 Å². The van der Waals surface area contributed by atoms with E-state index in [1.54, 1.807) is 7.11 Å². The van der Waals surface area contributed by atoms with Crippen molar-refractivity contribution in [1.82, 2.24) is 4.90 Å². The smallest absolute Gasteiger partial charge is 0.162 e. The summed E-state index contributed by atoms with van der Waals surface area (Å²) < 4.78 is 11.9. The molecule has 0 unspecified atom stereocenters. The van der Waals surface area contributed by atoms with Gasteiger partial charge in [0.1, 0.15) is 6.10 Å². The zero-order valence-corrected chi connectivity index (χ0v) is 14.2. The molecule has 1 aliphatic rings. The van der Waals surface area contributed by atoms with E-state index in [0.29, 0.717) is 5.92 Å². The summed E-state index contributed by atoms with van der Waals surface area (Å²) in [5.41, 5.74) is 2.72. The van der Waals surface area contributed by atoms with Crippen LogP contribution < -0.4 is 9.47 Å². The Kier molecular flexibility index (Phi) is 4.87. The predicted octanol–water partition coefficient (Wildman–Crippen LogP) is 3.94. The topological polar surface area (TPSA) is 21.7 Å². The lowest BCUT2D eigenvalue weighted by atomic mass is 9.81. The molecule has 1 aliphatic carbocycles. The number of rotatable bonds is 5. The highest BCUT2D eigenvalue weighted by Crippen LogP contribution is 2.40. The van der Waals surface area contributed by atoms with E-state index < -0.39 is 0 Å². The van der Waals surface area contributed by atoms with Crippen molar-refractivity contribution in [2.45, 2.75) is 18.9 Å². The molecule has 3 nitrogen and oxygen atoms in total. The summed E-state index contributed by atoms with van der Waals surface area (Å²) in [6.07, 6.45) is 2.34. The molecule has 0 saturated carbocycles. The summed E-state index contributed by atoms with van der Waals surface area (Å²) >= 11 is 0. The third-order valence-electron chi connectivity index (χ3n) is 4.50. The molecular weight excluding hydrogens is 286 g/mol. The van der Waals surface area contributed by atoms with Gasteiger partial charge in [0.05, 0.1) is 7.11 Å². The Morgan fingerprint density at radius 1 is 1.00 bits per heavy atom. The van der Waals surface area contributed by atoms with Crippen molar-refractivity contribution in [2.75, 3.05) is 27.7 Å². The molecule has 23 heavy (non-hydrogen) atoms. The highest BCUT2D eigenvalue weighted by atomic mass is 16.5. The molecule has 0 bridgehead atoms. The normalized spacial score (nSPS) is 20.2. The van der Waals surface area contributed by atoms with Crippen LogP contribution in [-0.4, -0.2) is 32.6 Å². The summed E-state index contributed by atoms with van der Waals surface area (Å²) in [5, 5.41) is 0. The van der Waals surface area contributed by atoms with Crippen molar-refractivity contribution < 1.29 is 9.47 Å². The molecular formula is C20H25NO2. The molecule has 0 fully saturated rings. The van der Waals surface area contributed by atoms with Crippen LogP contribution in [0.25, 0.3) is 0 Å². The molecule has 0 aromatic heterocycles. The van der Waals surface area contributed by atoms with E-state index >= 15 is 0 Å². The van der Waals surface area contributed by atoms with Gasteiger partial charge in [0.2, 0.25) is 0 Å². The molecule has 0 heterocycles. The minimum atomic E-state index is 0.0682. The number of nitrogens with zero attached hydrogens (tertiary/aromatic N) is 1. The highest BCUT2D eigenvalue weighted by molar-refractivity contribution is 5.41.